The molecule has 2 aromatic carbocycles. The van der Waals surface area contributed by atoms with Crippen molar-refractivity contribution >= 4 is 52.3 Å². The molecule has 0 aliphatic rings. The van der Waals surface area contributed by atoms with Crippen LogP contribution in [0, 0.1) is 0 Å². The van der Waals surface area contributed by atoms with Gasteiger partial charge >= 0.3 is 0 Å². The van der Waals surface area contributed by atoms with Gasteiger partial charge in [-0.15, -0.1) is 0 Å². The number of hydrogen-bond acceptors (Lipinski definition) is 4. The van der Waals surface area contributed by atoms with E-state index >= 15 is 0 Å². The minimum absolute atomic E-state index is 0.0657. The summed E-state index contributed by atoms with van der Waals surface area (Å²) in [5, 5.41) is 2.96. The van der Waals surface area contributed by atoms with Crippen LogP contribution in [0.25, 0.3) is 0 Å². The lowest BCUT2D eigenvalue weighted by molar-refractivity contribution is -0.121. The topological polar surface area (TPSA) is 79.5 Å². The van der Waals surface area contributed by atoms with Crippen molar-refractivity contribution in [3.05, 3.63) is 63.6 Å². The lowest BCUT2D eigenvalue weighted by atomic mass is 10.1. The zero-order valence-electron chi connectivity index (χ0n) is 13.6. The van der Waals surface area contributed by atoms with Crippen LogP contribution >= 0.6 is 35.4 Å². The largest absolute Gasteiger partial charge is 0.497 e. The van der Waals surface area contributed by atoms with Gasteiger partial charge in [0.05, 0.1) is 24.1 Å². The number of hydrazine groups is 1. The summed E-state index contributed by atoms with van der Waals surface area (Å²) in [6, 6.07) is 11.5. The van der Waals surface area contributed by atoms with E-state index in [1.54, 1.807) is 31.4 Å². The second-order valence-corrected chi connectivity index (χ2v) is 6.36. The second-order valence-electron chi connectivity index (χ2n) is 5.11. The Labute approximate surface area is 165 Å². The van der Waals surface area contributed by atoms with Crippen LogP contribution in [0.2, 0.25) is 10.0 Å². The van der Waals surface area contributed by atoms with Crippen LogP contribution in [0.1, 0.15) is 15.9 Å². The molecule has 0 spiro atoms. The van der Waals surface area contributed by atoms with Crippen molar-refractivity contribution < 1.29 is 14.3 Å². The number of carbonyl (C=O) groups is 2. The Kier molecular flexibility index (Phi) is 7.20. The van der Waals surface area contributed by atoms with Gasteiger partial charge in [0.1, 0.15) is 5.75 Å². The first-order valence-corrected chi connectivity index (χ1v) is 8.53. The lowest BCUT2D eigenvalue weighted by Gasteiger charge is -2.11. The predicted octanol–water partition coefficient (Wildman–Crippen LogP) is 2.88. The number of rotatable bonds is 4. The van der Waals surface area contributed by atoms with Crippen LogP contribution in [0.4, 0.5) is 0 Å². The highest BCUT2D eigenvalue weighted by Crippen LogP contribution is 2.20. The van der Waals surface area contributed by atoms with Crippen molar-refractivity contribution in [3.63, 3.8) is 0 Å². The first-order valence-electron chi connectivity index (χ1n) is 7.37. The molecular weight excluding hydrogens is 397 g/mol. The van der Waals surface area contributed by atoms with Gasteiger partial charge in [0, 0.05) is 5.02 Å². The number of amides is 2. The lowest BCUT2D eigenvalue weighted by Crippen LogP contribution is -2.48. The maximum Gasteiger partial charge on any atom is 0.258 e. The fraction of sp³-hybridized carbons (Fsp3) is 0.118. The van der Waals surface area contributed by atoms with Gasteiger partial charge in [-0.3, -0.25) is 25.8 Å². The van der Waals surface area contributed by atoms with Crippen molar-refractivity contribution in [1.82, 2.24) is 16.2 Å². The van der Waals surface area contributed by atoms with Gasteiger partial charge in [0.15, 0.2) is 5.11 Å². The van der Waals surface area contributed by atoms with E-state index in [1.165, 1.54) is 18.2 Å². The van der Waals surface area contributed by atoms with E-state index in [0.717, 1.165) is 5.56 Å². The summed E-state index contributed by atoms with van der Waals surface area (Å²) in [5.74, 6) is -0.137. The van der Waals surface area contributed by atoms with E-state index in [1.807, 2.05) is 0 Å². The number of ether oxygens (including phenoxy) is 1. The number of carbonyl (C=O) groups excluding carboxylic acids is 2. The molecule has 0 saturated heterocycles. The highest BCUT2D eigenvalue weighted by molar-refractivity contribution is 7.80. The van der Waals surface area contributed by atoms with Crippen LogP contribution in [0.15, 0.2) is 42.5 Å². The molecule has 2 rings (SSSR count). The molecule has 0 bridgehead atoms. The summed E-state index contributed by atoms with van der Waals surface area (Å²) in [7, 11) is 1.57. The Hall–Kier alpha value is -2.35. The van der Waals surface area contributed by atoms with Crippen molar-refractivity contribution in [3.8, 4) is 5.75 Å². The van der Waals surface area contributed by atoms with Gasteiger partial charge in [-0.2, -0.15) is 0 Å². The van der Waals surface area contributed by atoms with E-state index in [9.17, 15) is 9.59 Å². The van der Waals surface area contributed by atoms with Crippen molar-refractivity contribution in [2.75, 3.05) is 7.11 Å². The third-order valence-corrected chi connectivity index (χ3v) is 3.99. The fourth-order valence-electron chi connectivity index (χ4n) is 1.97. The number of thiocarbonyl (C=S) groups is 1. The molecular formula is C17H15Cl2N3O3S. The average molecular weight is 412 g/mol. The quantitative estimate of drug-likeness (QED) is 0.532. The van der Waals surface area contributed by atoms with Gasteiger partial charge in [0.2, 0.25) is 5.91 Å². The Balaban J connectivity index is 1.81. The Bertz CT molecular complexity index is 829. The molecule has 0 aliphatic carbocycles. The minimum Gasteiger partial charge on any atom is -0.497 e. The number of methoxy groups -OCH3 is 1. The molecule has 0 heterocycles. The minimum atomic E-state index is -0.520. The highest BCUT2D eigenvalue weighted by atomic mass is 35.5. The van der Waals surface area contributed by atoms with Crippen LogP contribution in [0.3, 0.4) is 0 Å². The van der Waals surface area contributed by atoms with Crippen molar-refractivity contribution in [2.45, 2.75) is 6.42 Å². The molecule has 0 aromatic heterocycles. The monoisotopic (exact) mass is 411 g/mol. The molecule has 9 heteroatoms. The van der Waals surface area contributed by atoms with Gasteiger partial charge in [0.25, 0.3) is 5.91 Å². The van der Waals surface area contributed by atoms with E-state index in [-0.39, 0.29) is 28.0 Å². The zero-order chi connectivity index (χ0) is 19.1. The first kappa shape index (κ1) is 20.0. The van der Waals surface area contributed by atoms with Gasteiger partial charge in [-0.25, -0.2) is 0 Å². The van der Waals surface area contributed by atoms with Crippen LogP contribution in [-0.4, -0.2) is 24.0 Å². The molecule has 3 N–H and O–H groups in total. The molecule has 0 fully saturated rings. The van der Waals surface area contributed by atoms with Crippen LogP contribution < -0.4 is 20.9 Å². The Morgan fingerprint density at radius 3 is 2.38 bits per heavy atom. The SMILES string of the molecule is COc1ccc(CC(=O)NNC(=S)NC(=O)c2ccc(Cl)cc2Cl)cc1. The van der Waals surface area contributed by atoms with Crippen molar-refractivity contribution in [2.24, 2.45) is 0 Å². The van der Waals surface area contributed by atoms with E-state index in [0.29, 0.717) is 10.8 Å². The van der Waals surface area contributed by atoms with Crippen molar-refractivity contribution in [1.29, 1.82) is 0 Å². The molecule has 0 unspecified atom stereocenters. The Morgan fingerprint density at radius 2 is 1.77 bits per heavy atom. The second kappa shape index (κ2) is 9.38. The summed E-state index contributed by atoms with van der Waals surface area (Å²) in [6.45, 7) is 0. The predicted molar refractivity (Wildman–Crippen MR) is 105 cm³/mol. The standard InChI is InChI=1S/C17H15Cl2N3O3S/c1-25-12-5-2-10(3-6-12)8-15(23)21-22-17(26)20-16(24)13-7-4-11(18)9-14(13)19/h2-7,9H,8H2,1H3,(H,21,23)(H2,20,22,24,26). The summed E-state index contributed by atoms with van der Waals surface area (Å²) >= 11 is 16.7. The number of nitrogens with one attached hydrogen (secondary N) is 3. The molecule has 136 valence electrons. The fourth-order valence-corrected chi connectivity index (χ4v) is 2.61. The maximum absolute atomic E-state index is 12.1. The molecule has 0 saturated carbocycles. The summed E-state index contributed by atoms with van der Waals surface area (Å²) in [4.78, 5) is 24.0. The number of hydrogen-bond donors (Lipinski definition) is 3. The number of benzene rings is 2. The molecule has 2 amide bonds. The molecule has 0 radical (unpaired) electrons. The van der Waals surface area contributed by atoms with Crippen LogP contribution in [0.5, 0.6) is 5.75 Å². The highest BCUT2D eigenvalue weighted by Gasteiger charge is 2.12. The third-order valence-electron chi connectivity index (χ3n) is 3.24. The number of halogens is 2. The van der Waals surface area contributed by atoms with E-state index < -0.39 is 5.91 Å². The summed E-state index contributed by atoms with van der Waals surface area (Å²) in [5.41, 5.74) is 5.88. The van der Waals surface area contributed by atoms with E-state index in [4.69, 9.17) is 40.2 Å². The maximum atomic E-state index is 12.1. The Morgan fingerprint density at radius 1 is 1.08 bits per heavy atom. The van der Waals surface area contributed by atoms with E-state index in [2.05, 4.69) is 16.2 Å². The molecule has 6 nitrogen and oxygen atoms in total. The molecule has 0 aliphatic heterocycles. The normalized spacial score (nSPS) is 9.96. The molecule has 2 aromatic rings. The van der Waals surface area contributed by atoms with Gasteiger partial charge in [-0.1, -0.05) is 35.3 Å². The molecule has 0 atom stereocenters. The third kappa shape index (κ3) is 5.87. The van der Waals surface area contributed by atoms with Gasteiger partial charge < -0.3 is 4.74 Å². The molecule has 26 heavy (non-hydrogen) atoms. The smallest absolute Gasteiger partial charge is 0.258 e. The van der Waals surface area contributed by atoms with Crippen LogP contribution in [-0.2, 0) is 11.2 Å². The zero-order valence-corrected chi connectivity index (χ0v) is 16.0. The summed E-state index contributed by atoms with van der Waals surface area (Å²) < 4.78 is 5.05. The average Bonchev–Trinajstić information content (AvgIpc) is 2.60. The summed E-state index contributed by atoms with van der Waals surface area (Å²) in [6.07, 6.45) is 0.135. The van der Waals surface area contributed by atoms with Gasteiger partial charge in [-0.05, 0) is 48.1 Å². The first-order chi connectivity index (χ1) is 12.4.